The number of likely N-dealkylation sites (N-methyl/N-ethyl adjacent to an activating group) is 1. The maximum absolute atomic E-state index is 13.7. The molecule has 0 aromatic heterocycles. The van der Waals surface area contributed by atoms with Gasteiger partial charge in [0, 0.05) is 12.2 Å². The fraction of sp³-hybridized carbons (Fsp3) is 0.541. The Morgan fingerprint density at radius 2 is 1.69 bits per heavy atom. The Hall–Kier alpha value is -3.65. The van der Waals surface area contributed by atoms with E-state index >= 15 is 0 Å². The van der Waals surface area contributed by atoms with Crippen LogP contribution in [-0.4, -0.2) is 54.8 Å². The number of rotatable bonds is 8. The van der Waals surface area contributed by atoms with Crippen LogP contribution in [-0.2, 0) is 20.8 Å². The van der Waals surface area contributed by atoms with Crippen LogP contribution in [0.25, 0.3) is 5.70 Å². The molecule has 5 rings (SSSR count). The van der Waals surface area contributed by atoms with E-state index in [0.29, 0.717) is 18.7 Å². The van der Waals surface area contributed by atoms with Gasteiger partial charge < -0.3 is 26.6 Å². The summed E-state index contributed by atoms with van der Waals surface area (Å²) < 4.78 is 0. The monoisotopic (exact) mass is 617 g/mol. The summed E-state index contributed by atoms with van der Waals surface area (Å²) in [5, 5.41) is 9.11. The summed E-state index contributed by atoms with van der Waals surface area (Å²) >= 11 is 0. The average molecular weight is 618 g/mol. The van der Waals surface area contributed by atoms with Crippen LogP contribution in [0.15, 0.2) is 55.1 Å². The molecule has 1 saturated heterocycles. The third-order valence-electron chi connectivity index (χ3n) is 8.95. The summed E-state index contributed by atoms with van der Waals surface area (Å²) in [4.78, 5) is 41.2. The maximum Gasteiger partial charge on any atom is 0.246 e. The first-order chi connectivity index (χ1) is 21.8. The molecule has 246 valence electrons. The van der Waals surface area contributed by atoms with Crippen molar-refractivity contribution in [3.63, 3.8) is 0 Å². The highest BCUT2D eigenvalue weighted by Crippen LogP contribution is 2.32. The Bertz CT molecular complexity index is 1270. The molecule has 1 aliphatic heterocycles. The van der Waals surface area contributed by atoms with E-state index in [1.165, 1.54) is 23.1 Å². The topological polar surface area (TPSA) is 117 Å². The molecule has 1 heterocycles. The van der Waals surface area contributed by atoms with Gasteiger partial charge in [0.1, 0.15) is 12.1 Å². The molecule has 3 amide bonds. The molecule has 5 N–H and O–H groups in total. The number of nitrogens with zero attached hydrogens (tertiary/aromatic N) is 1. The van der Waals surface area contributed by atoms with Gasteiger partial charge in [-0.1, -0.05) is 87.7 Å². The van der Waals surface area contributed by atoms with Gasteiger partial charge in [-0.3, -0.25) is 14.4 Å². The number of carbonyl (C=O) groups excluding carboxylic acids is 3. The van der Waals surface area contributed by atoms with Crippen LogP contribution in [0.3, 0.4) is 0 Å². The molecular weight excluding hydrogens is 562 g/mol. The minimum absolute atomic E-state index is 0.00414. The Kier molecular flexibility index (Phi) is 14.6. The summed E-state index contributed by atoms with van der Waals surface area (Å²) in [6.45, 7) is 10.4. The number of fused-ring (bicyclic) bond motifs is 1. The largest absolute Gasteiger partial charge is 0.399 e. The number of nitrogens with one attached hydrogen (secondary N) is 3. The second-order valence-electron chi connectivity index (χ2n) is 12.2. The summed E-state index contributed by atoms with van der Waals surface area (Å²) in [5.41, 5.74) is 10.8. The molecular formula is C37H55N5O3. The molecule has 0 spiro atoms. The van der Waals surface area contributed by atoms with Crippen molar-refractivity contribution < 1.29 is 14.4 Å². The smallest absolute Gasteiger partial charge is 0.246 e. The number of nitrogens with two attached hydrogens (primary N) is 1. The van der Waals surface area contributed by atoms with Crippen LogP contribution >= 0.6 is 0 Å². The van der Waals surface area contributed by atoms with Gasteiger partial charge in [-0.25, -0.2) is 0 Å². The number of hydrogen-bond donors (Lipinski definition) is 4. The highest BCUT2D eigenvalue weighted by Gasteiger charge is 2.41. The van der Waals surface area contributed by atoms with E-state index in [9.17, 15) is 14.4 Å². The standard InChI is InChI=1S/C26H38N4O3.C9H11N.C2H6/c1-27-17-23(31)29-24(19-10-3-2-4-11-19)26(33)30-16-8-15-22(30)25(32)28-21-14-7-12-18-9-5-6-13-20(18)21;1-7-4-3-5-9(6-7)8(2)10;1-2/h5-6,9,13,19,21-22,24,27H,2-4,7-8,10-12,14-17H2,1H3,(H,28,32)(H,29,31);3-6H,2,10H2,1H3;1-2H3. The van der Waals surface area contributed by atoms with E-state index in [-0.39, 0.29) is 36.2 Å². The SMILES string of the molecule is C=C(N)c1cccc(C)c1.CC.CNCC(=O)NC(C(=O)N1CCCC1C(=O)NC1CCCc2ccccc21)C1CCCCC1. The van der Waals surface area contributed by atoms with Crippen LogP contribution in [0, 0.1) is 12.8 Å². The third-order valence-corrected chi connectivity index (χ3v) is 8.95. The van der Waals surface area contributed by atoms with Crippen molar-refractivity contribution in [2.45, 2.75) is 103 Å². The van der Waals surface area contributed by atoms with Gasteiger partial charge in [0.05, 0.1) is 12.6 Å². The molecule has 0 radical (unpaired) electrons. The van der Waals surface area contributed by atoms with E-state index < -0.39 is 12.1 Å². The van der Waals surface area contributed by atoms with Crippen LogP contribution in [0.4, 0.5) is 0 Å². The summed E-state index contributed by atoms with van der Waals surface area (Å²) in [5.74, 6) is -0.179. The molecule has 1 saturated carbocycles. The maximum atomic E-state index is 13.7. The third kappa shape index (κ3) is 10.2. The Morgan fingerprint density at radius 3 is 2.36 bits per heavy atom. The molecule has 8 heteroatoms. The predicted octanol–water partition coefficient (Wildman–Crippen LogP) is 5.41. The van der Waals surface area contributed by atoms with E-state index in [1.54, 1.807) is 11.9 Å². The second kappa shape index (κ2) is 18.4. The van der Waals surface area contributed by atoms with Crippen molar-refractivity contribution in [1.29, 1.82) is 0 Å². The van der Waals surface area contributed by atoms with Crippen molar-refractivity contribution in [3.8, 4) is 0 Å². The quantitative estimate of drug-likeness (QED) is 0.316. The van der Waals surface area contributed by atoms with Crippen molar-refractivity contribution in [1.82, 2.24) is 20.9 Å². The molecule has 0 bridgehead atoms. The Balaban J connectivity index is 0.000000389. The lowest BCUT2D eigenvalue weighted by Gasteiger charge is -2.35. The summed E-state index contributed by atoms with van der Waals surface area (Å²) in [7, 11) is 1.72. The normalized spacial score (nSPS) is 19.9. The number of carbonyl (C=O) groups is 3. The van der Waals surface area contributed by atoms with E-state index in [0.717, 1.165) is 56.9 Å². The number of hydrogen-bond acceptors (Lipinski definition) is 5. The molecule has 2 aromatic carbocycles. The fourth-order valence-corrected chi connectivity index (χ4v) is 6.73. The first kappa shape index (κ1) is 35.8. The molecule has 2 aliphatic carbocycles. The van der Waals surface area contributed by atoms with Gasteiger partial charge in [-0.05, 0) is 87.6 Å². The van der Waals surface area contributed by atoms with Gasteiger partial charge in [-0.2, -0.15) is 0 Å². The zero-order chi connectivity index (χ0) is 32.8. The highest BCUT2D eigenvalue weighted by molar-refractivity contribution is 5.93. The minimum atomic E-state index is -0.546. The summed E-state index contributed by atoms with van der Waals surface area (Å²) in [6.07, 6.45) is 9.75. The lowest BCUT2D eigenvalue weighted by molar-refractivity contribution is -0.143. The molecule has 45 heavy (non-hydrogen) atoms. The van der Waals surface area contributed by atoms with Gasteiger partial charge in [0.2, 0.25) is 17.7 Å². The average Bonchev–Trinajstić information content (AvgIpc) is 3.56. The number of amides is 3. The lowest BCUT2D eigenvalue weighted by atomic mass is 9.83. The lowest BCUT2D eigenvalue weighted by Crippen LogP contribution is -2.57. The van der Waals surface area contributed by atoms with Gasteiger partial charge in [-0.15, -0.1) is 0 Å². The molecule has 2 fully saturated rings. The Morgan fingerprint density at radius 1 is 0.956 bits per heavy atom. The molecule has 3 unspecified atom stereocenters. The molecule has 8 nitrogen and oxygen atoms in total. The van der Waals surface area contributed by atoms with Gasteiger partial charge >= 0.3 is 0 Å². The molecule has 3 atom stereocenters. The second-order valence-corrected chi connectivity index (χ2v) is 12.2. The molecule has 3 aliphatic rings. The fourth-order valence-electron chi connectivity index (χ4n) is 6.73. The van der Waals surface area contributed by atoms with Crippen molar-refractivity contribution in [2.24, 2.45) is 11.7 Å². The number of likely N-dealkylation sites (tertiary alicyclic amines) is 1. The van der Waals surface area contributed by atoms with Crippen LogP contribution in [0.2, 0.25) is 0 Å². The first-order valence-electron chi connectivity index (χ1n) is 16.9. The zero-order valence-electron chi connectivity index (χ0n) is 27.9. The zero-order valence-corrected chi connectivity index (χ0v) is 27.9. The highest BCUT2D eigenvalue weighted by atomic mass is 16.2. The number of aryl methyl sites for hydroxylation is 2. The molecule has 2 aromatic rings. The van der Waals surface area contributed by atoms with Crippen LogP contribution in [0.5, 0.6) is 0 Å². The van der Waals surface area contributed by atoms with Crippen LogP contribution in [0.1, 0.15) is 99.9 Å². The summed E-state index contributed by atoms with van der Waals surface area (Å²) in [6, 6.07) is 15.3. The Labute approximate surface area is 270 Å². The van der Waals surface area contributed by atoms with Crippen molar-refractivity contribution >= 4 is 23.4 Å². The van der Waals surface area contributed by atoms with Crippen LogP contribution < -0.4 is 21.7 Å². The van der Waals surface area contributed by atoms with Crippen molar-refractivity contribution in [2.75, 3.05) is 20.1 Å². The predicted molar refractivity (Wildman–Crippen MR) is 183 cm³/mol. The van der Waals surface area contributed by atoms with E-state index in [4.69, 9.17) is 5.73 Å². The number of benzene rings is 2. The van der Waals surface area contributed by atoms with Gasteiger partial charge in [0.15, 0.2) is 0 Å². The first-order valence-corrected chi connectivity index (χ1v) is 16.9. The van der Waals surface area contributed by atoms with E-state index in [1.807, 2.05) is 57.2 Å². The minimum Gasteiger partial charge on any atom is -0.399 e. The van der Waals surface area contributed by atoms with Gasteiger partial charge in [0.25, 0.3) is 0 Å². The van der Waals surface area contributed by atoms with Crippen molar-refractivity contribution in [3.05, 3.63) is 77.4 Å². The van der Waals surface area contributed by atoms with E-state index in [2.05, 4.69) is 34.7 Å².